The summed E-state index contributed by atoms with van der Waals surface area (Å²) in [5.41, 5.74) is 0.398. The maximum Gasteiger partial charge on any atom is 0.354 e. The highest BCUT2D eigenvalue weighted by Gasteiger charge is 2.27. The third kappa shape index (κ3) is 3.56. The Balaban J connectivity index is 1.98. The normalized spacial score (nSPS) is 17.4. The molecule has 0 atom stereocenters. The van der Waals surface area contributed by atoms with Crippen molar-refractivity contribution in [2.75, 3.05) is 6.54 Å². The van der Waals surface area contributed by atoms with E-state index < -0.39 is 5.97 Å². The van der Waals surface area contributed by atoms with Crippen LogP contribution in [0.1, 0.15) is 59.9 Å². The molecular weight excluding hydrogens is 256 g/mol. The van der Waals surface area contributed by atoms with Crippen molar-refractivity contribution in [3.05, 3.63) is 29.6 Å². The molecule has 20 heavy (non-hydrogen) atoms. The van der Waals surface area contributed by atoms with E-state index >= 15 is 0 Å². The fraction of sp³-hybridized carbons (Fsp3) is 0.533. The van der Waals surface area contributed by atoms with Gasteiger partial charge in [0, 0.05) is 18.3 Å². The van der Waals surface area contributed by atoms with Gasteiger partial charge in [0.2, 0.25) is 0 Å². The van der Waals surface area contributed by atoms with E-state index in [2.05, 4.69) is 17.2 Å². The molecular formula is C15H20N2O3. The monoisotopic (exact) mass is 276 g/mol. The molecule has 0 saturated heterocycles. The highest BCUT2D eigenvalue weighted by molar-refractivity contribution is 5.96. The average Bonchev–Trinajstić information content (AvgIpc) is 2.46. The van der Waals surface area contributed by atoms with E-state index in [-0.39, 0.29) is 17.0 Å². The van der Waals surface area contributed by atoms with Gasteiger partial charge in [-0.2, -0.15) is 0 Å². The van der Waals surface area contributed by atoms with Crippen molar-refractivity contribution in [1.29, 1.82) is 0 Å². The number of pyridine rings is 1. The smallest absolute Gasteiger partial charge is 0.354 e. The van der Waals surface area contributed by atoms with E-state index in [4.69, 9.17) is 5.11 Å². The first-order valence-corrected chi connectivity index (χ1v) is 6.98. The van der Waals surface area contributed by atoms with Crippen LogP contribution in [0.2, 0.25) is 0 Å². The Kier molecular flexibility index (Phi) is 4.37. The minimum Gasteiger partial charge on any atom is -0.477 e. The Bertz CT molecular complexity index is 508. The summed E-state index contributed by atoms with van der Waals surface area (Å²) in [5, 5.41) is 11.8. The summed E-state index contributed by atoms with van der Waals surface area (Å²) < 4.78 is 0. The quantitative estimate of drug-likeness (QED) is 0.885. The first kappa shape index (κ1) is 14.5. The summed E-state index contributed by atoms with van der Waals surface area (Å²) in [6.07, 6.45) is 7.31. The Morgan fingerprint density at radius 2 is 2.05 bits per heavy atom. The number of aromatic carboxylic acids is 1. The predicted molar refractivity (Wildman–Crippen MR) is 74.7 cm³/mol. The zero-order chi connectivity index (χ0) is 14.6. The van der Waals surface area contributed by atoms with Gasteiger partial charge in [0.25, 0.3) is 5.91 Å². The molecule has 5 heteroatoms. The average molecular weight is 276 g/mol. The topological polar surface area (TPSA) is 79.3 Å². The number of aromatic nitrogens is 1. The number of carbonyl (C=O) groups is 2. The minimum atomic E-state index is -1.13. The van der Waals surface area contributed by atoms with E-state index in [1.807, 2.05) is 0 Å². The molecule has 5 nitrogen and oxygen atoms in total. The highest BCUT2D eigenvalue weighted by atomic mass is 16.4. The standard InChI is InChI=1S/C15H20N2O3/c1-15(6-3-2-4-7-15)10-17-13(18)11-5-8-16-12(9-11)14(19)20/h5,8-9H,2-4,6-7,10H2,1H3,(H,17,18)(H,19,20). The van der Waals surface area contributed by atoms with Crippen molar-refractivity contribution in [3.63, 3.8) is 0 Å². The third-order valence-electron chi connectivity index (χ3n) is 3.98. The minimum absolute atomic E-state index is 0.110. The molecule has 1 aliphatic rings. The van der Waals surface area contributed by atoms with Crippen LogP contribution in [0.15, 0.2) is 18.3 Å². The molecule has 2 rings (SSSR count). The van der Waals surface area contributed by atoms with Crippen LogP contribution in [0, 0.1) is 5.41 Å². The largest absolute Gasteiger partial charge is 0.477 e. The van der Waals surface area contributed by atoms with Gasteiger partial charge in [-0.3, -0.25) is 4.79 Å². The third-order valence-corrected chi connectivity index (χ3v) is 3.98. The van der Waals surface area contributed by atoms with Crippen LogP contribution in [0.25, 0.3) is 0 Å². The molecule has 1 heterocycles. The van der Waals surface area contributed by atoms with Gasteiger partial charge >= 0.3 is 5.97 Å². The molecule has 1 aromatic rings. The second-order valence-corrected chi connectivity index (χ2v) is 5.79. The molecule has 0 bridgehead atoms. The van der Waals surface area contributed by atoms with Crippen LogP contribution < -0.4 is 5.32 Å². The highest BCUT2D eigenvalue weighted by Crippen LogP contribution is 2.34. The van der Waals surface area contributed by atoms with E-state index in [1.54, 1.807) is 0 Å². The summed E-state index contributed by atoms with van der Waals surface area (Å²) in [4.78, 5) is 26.6. The van der Waals surface area contributed by atoms with Crippen LogP contribution in [-0.4, -0.2) is 28.5 Å². The number of carboxylic acid groups (broad SMARTS) is 1. The number of nitrogens with zero attached hydrogens (tertiary/aromatic N) is 1. The van der Waals surface area contributed by atoms with Crippen molar-refractivity contribution in [2.45, 2.75) is 39.0 Å². The lowest BCUT2D eigenvalue weighted by atomic mass is 9.76. The maximum absolute atomic E-state index is 12.1. The number of rotatable bonds is 4. The summed E-state index contributed by atoms with van der Waals surface area (Å²) in [7, 11) is 0. The number of amides is 1. The van der Waals surface area contributed by atoms with Gasteiger partial charge in [-0.25, -0.2) is 9.78 Å². The van der Waals surface area contributed by atoms with Gasteiger partial charge in [-0.05, 0) is 30.4 Å². The summed E-state index contributed by atoms with van der Waals surface area (Å²) in [6.45, 7) is 2.83. The van der Waals surface area contributed by atoms with E-state index in [9.17, 15) is 9.59 Å². The first-order valence-electron chi connectivity index (χ1n) is 6.98. The van der Waals surface area contributed by atoms with E-state index in [0.29, 0.717) is 12.1 Å². The van der Waals surface area contributed by atoms with Crippen LogP contribution >= 0.6 is 0 Å². The molecule has 1 amide bonds. The molecule has 0 spiro atoms. The Hall–Kier alpha value is -1.91. The Morgan fingerprint density at radius 1 is 1.35 bits per heavy atom. The van der Waals surface area contributed by atoms with Crippen LogP contribution in [0.4, 0.5) is 0 Å². The molecule has 1 aliphatic carbocycles. The van der Waals surface area contributed by atoms with Crippen molar-refractivity contribution in [1.82, 2.24) is 10.3 Å². The Morgan fingerprint density at radius 3 is 2.70 bits per heavy atom. The molecule has 2 N–H and O–H groups in total. The predicted octanol–water partition coefficient (Wildman–Crippen LogP) is 2.48. The fourth-order valence-electron chi connectivity index (χ4n) is 2.67. The molecule has 0 aliphatic heterocycles. The molecule has 0 radical (unpaired) electrons. The summed E-state index contributed by atoms with van der Waals surface area (Å²) in [6, 6.07) is 2.84. The number of hydrogen-bond donors (Lipinski definition) is 2. The summed E-state index contributed by atoms with van der Waals surface area (Å²) >= 11 is 0. The molecule has 1 fully saturated rings. The molecule has 1 aromatic heterocycles. The first-order chi connectivity index (χ1) is 9.50. The van der Waals surface area contributed by atoms with Gasteiger partial charge in [0.1, 0.15) is 5.69 Å². The lowest BCUT2D eigenvalue weighted by Crippen LogP contribution is -2.37. The van der Waals surface area contributed by atoms with Gasteiger partial charge in [0.05, 0.1) is 0 Å². The van der Waals surface area contributed by atoms with Gasteiger partial charge in [0.15, 0.2) is 0 Å². The van der Waals surface area contributed by atoms with Gasteiger partial charge in [-0.15, -0.1) is 0 Å². The number of carboxylic acids is 1. The number of hydrogen-bond acceptors (Lipinski definition) is 3. The zero-order valence-corrected chi connectivity index (χ0v) is 11.7. The van der Waals surface area contributed by atoms with Crippen LogP contribution in [-0.2, 0) is 0 Å². The second-order valence-electron chi connectivity index (χ2n) is 5.79. The lowest BCUT2D eigenvalue weighted by Gasteiger charge is -2.33. The fourth-order valence-corrected chi connectivity index (χ4v) is 2.67. The van der Waals surface area contributed by atoms with Crippen LogP contribution in [0.3, 0.4) is 0 Å². The maximum atomic E-state index is 12.1. The molecule has 1 saturated carbocycles. The van der Waals surface area contributed by atoms with Crippen molar-refractivity contribution in [2.24, 2.45) is 5.41 Å². The zero-order valence-electron chi connectivity index (χ0n) is 11.7. The molecule has 0 aromatic carbocycles. The number of nitrogens with one attached hydrogen (secondary N) is 1. The second kappa shape index (κ2) is 6.03. The van der Waals surface area contributed by atoms with Crippen LogP contribution in [0.5, 0.6) is 0 Å². The summed E-state index contributed by atoms with van der Waals surface area (Å²) in [5.74, 6) is -1.36. The van der Waals surface area contributed by atoms with E-state index in [0.717, 1.165) is 12.8 Å². The molecule has 0 unspecified atom stereocenters. The molecule has 108 valence electrons. The van der Waals surface area contributed by atoms with Crippen molar-refractivity contribution < 1.29 is 14.7 Å². The Labute approximate surface area is 118 Å². The van der Waals surface area contributed by atoms with Gasteiger partial charge in [-0.1, -0.05) is 26.2 Å². The van der Waals surface area contributed by atoms with Gasteiger partial charge < -0.3 is 10.4 Å². The lowest BCUT2D eigenvalue weighted by molar-refractivity contribution is 0.0690. The number of carbonyl (C=O) groups excluding carboxylic acids is 1. The van der Waals surface area contributed by atoms with Crippen molar-refractivity contribution in [3.8, 4) is 0 Å². The SMILES string of the molecule is CC1(CNC(=O)c2ccnc(C(=O)O)c2)CCCCC1. The van der Waals surface area contributed by atoms with E-state index in [1.165, 1.54) is 37.6 Å². The van der Waals surface area contributed by atoms with Crippen molar-refractivity contribution >= 4 is 11.9 Å².